The Labute approximate surface area is 228 Å². The number of nitrogens with one attached hydrogen (secondary N) is 1. The minimum absolute atomic E-state index is 0.374. The number of rotatable bonds is 8. The molecule has 1 fully saturated rings. The first kappa shape index (κ1) is 37.7. The highest BCUT2D eigenvalue weighted by Gasteiger charge is 2.16. The van der Waals surface area contributed by atoms with Gasteiger partial charge < -0.3 is 21.5 Å². The van der Waals surface area contributed by atoms with Gasteiger partial charge in [0, 0.05) is 0 Å². The van der Waals surface area contributed by atoms with E-state index >= 15 is 0 Å². The number of carbonyl (C=O) groups is 3. The van der Waals surface area contributed by atoms with Crippen LogP contribution >= 0.6 is 0 Å². The fourth-order valence-corrected chi connectivity index (χ4v) is 3.52. The molecule has 5 N–H and O–H groups in total. The van der Waals surface area contributed by atoms with E-state index < -0.39 is 24.4 Å². The SMILES string of the molecule is CCC.CN.FC(F)F.NC(=O)C(NC=O)c1ccc(F)cc1.O=COCc1ccc(C2CCCCC2)cc1. The fourth-order valence-electron chi connectivity index (χ4n) is 3.52. The van der Waals surface area contributed by atoms with Gasteiger partial charge in [0.2, 0.25) is 12.3 Å². The number of ether oxygens (including phenoxy) is 1. The molecule has 2 aromatic rings. The maximum Gasteiger partial charge on any atom is 0.379 e. The van der Waals surface area contributed by atoms with Crippen LogP contribution in [0, 0.1) is 5.82 Å². The van der Waals surface area contributed by atoms with Crippen molar-refractivity contribution >= 4 is 18.8 Å². The van der Waals surface area contributed by atoms with Crippen LogP contribution in [0.1, 0.15) is 81.0 Å². The van der Waals surface area contributed by atoms with Crippen LogP contribution in [0.15, 0.2) is 48.5 Å². The molecule has 1 saturated carbocycles. The molecule has 0 heterocycles. The number of primary amides is 1. The summed E-state index contributed by atoms with van der Waals surface area (Å²) >= 11 is 0. The summed E-state index contributed by atoms with van der Waals surface area (Å²) < 4.78 is 46.3. The second-order valence-corrected chi connectivity index (χ2v) is 8.11. The number of hydrogen-bond acceptors (Lipinski definition) is 5. The fraction of sp³-hybridized carbons (Fsp3) is 0.464. The van der Waals surface area contributed by atoms with Gasteiger partial charge in [-0.05, 0) is 54.6 Å². The molecule has 0 aliphatic heterocycles. The number of alkyl halides is 3. The number of hydrogen-bond donors (Lipinski definition) is 3. The molecule has 1 atom stereocenters. The van der Waals surface area contributed by atoms with Crippen molar-refractivity contribution in [2.24, 2.45) is 11.5 Å². The van der Waals surface area contributed by atoms with E-state index in [0.717, 1.165) is 11.5 Å². The van der Waals surface area contributed by atoms with E-state index in [2.05, 4.69) is 49.2 Å². The third kappa shape index (κ3) is 19.3. The minimum atomic E-state index is -3.67. The Balaban J connectivity index is 0. The van der Waals surface area contributed by atoms with Crippen LogP contribution in [0.3, 0.4) is 0 Å². The van der Waals surface area contributed by atoms with Gasteiger partial charge in [-0.1, -0.05) is 75.9 Å². The Hall–Kier alpha value is -3.47. The maximum atomic E-state index is 12.5. The van der Waals surface area contributed by atoms with Crippen molar-refractivity contribution in [1.82, 2.24) is 5.32 Å². The zero-order chi connectivity index (χ0) is 30.1. The molecule has 0 bridgehead atoms. The van der Waals surface area contributed by atoms with Gasteiger partial charge in [-0.2, -0.15) is 13.2 Å². The molecule has 0 aromatic heterocycles. The molecule has 220 valence electrons. The minimum Gasteiger partial charge on any atom is -0.463 e. The lowest BCUT2D eigenvalue weighted by Crippen LogP contribution is -2.32. The van der Waals surface area contributed by atoms with Crippen LogP contribution in [0.25, 0.3) is 0 Å². The largest absolute Gasteiger partial charge is 0.463 e. The van der Waals surface area contributed by atoms with Crippen molar-refractivity contribution in [2.75, 3.05) is 7.05 Å². The van der Waals surface area contributed by atoms with E-state index in [1.807, 2.05) is 0 Å². The molecule has 7 nitrogen and oxygen atoms in total. The number of amides is 2. The van der Waals surface area contributed by atoms with E-state index in [1.54, 1.807) is 0 Å². The standard InChI is InChI=1S/C14H18O2.C9H9FN2O2.C3H8.CHF3.CH5N/c15-11-16-10-12-6-8-14(9-7-12)13-4-2-1-3-5-13;10-7-3-1-6(2-4-7)8(9(11)14)12-5-13;1-3-2;2-1(3)4;1-2/h6-9,11,13H,1-5,10H2;1-5,8H,(H2,11,14)(H,12,13);3H2,1-2H3;1H;2H2,1H3. The highest BCUT2D eigenvalue weighted by atomic mass is 19.4. The van der Waals surface area contributed by atoms with Crippen LogP contribution in [0.4, 0.5) is 17.6 Å². The predicted molar refractivity (Wildman–Crippen MR) is 144 cm³/mol. The molecule has 0 saturated heterocycles. The van der Waals surface area contributed by atoms with Crippen LogP contribution in [-0.4, -0.2) is 32.5 Å². The first-order valence-corrected chi connectivity index (χ1v) is 12.6. The van der Waals surface area contributed by atoms with Gasteiger partial charge >= 0.3 is 6.68 Å². The number of nitrogens with two attached hydrogens (primary N) is 2. The van der Waals surface area contributed by atoms with Crippen LogP contribution in [0.2, 0.25) is 0 Å². The van der Waals surface area contributed by atoms with Crippen molar-refractivity contribution in [3.63, 3.8) is 0 Å². The lowest BCUT2D eigenvalue weighted by Gasteiger charge is -2.22. The Bertz CT molecular complexity index is 877. The summed E-state index contributed by atoms with van der Waals surface area (Å²) in [5.41, 5.74) is 12.5. The Morgan fingerprint density at radius 3 is 1.87 bits per heavy atom. The second-order valence-electron chi connectivity index (χ2n) is 8.11. The van der Waals surface area contributed by atoms with E-state index in [4.69, 9.17) is 10.5 Å². The van der Waals surface area contributed by atoms with E-state index in [9.17, 15) is 31.9 Å². The molecule has 1 unspecified atom stereocenters. The topological polar surface area (TPSA) is 125 Å². The normalized spacial score (nSPS) is 12.7. The highest BCUT2D eigenvalue weighted by Crippen LogP contribution is 2.32. The smallest absolute Gasteiger partial charge is 0.379 e. The summed E-state index contributed by atoms with van der Waals surface area (Å²) in [7, 11) is 1.50. The van der Waals surface area contributed by atoms with Crippen LogP contribution in [-0.2, 0) is 25.7 Å². The quantitative estimate of drug-likeness (QED) is 0.284. The highest BCUT2D eigenvalue weighted by molar-refractivity contribution is 5.83. The second kappa shape index (κ2) is 24.8. The van der Waals surface area contributed by atoms with Gasteiger partial charge in [-0.15, -0.1) is 0 Å². The Kier molecular flexibility index (Phi) is 24.0. The predicted octanol–water partition coefficient (Wildman–Crippen LogP) is 5.68. The monoisotopic (exact) mass is 559 g/mol. The molecule has 1 aliphatic rings. The number of carbonyl (C=O) groups excluding carboxylic acids is 3. The summed E-state index contributed by atoms with van der Waals surface area (Å²) in [6.45, 7) is 1.46. The third-order valence-electron chi connectivity index (χ3n) is 5.10. The van der Waals surface area contributed by atoms with Gasteiger partial charge in [0.25, 0.3) is 6.47 Å². The molecule has 2 aromatic carbocycles. The number of halogens is 4. The molecular weight excluding hydrogens is 518 g/mol. The molecule has 39 heavy (non-hydrogen) atoms. The van der Waals surface area contributed by atoms with Gasteiger partial charge in [-0.3, -0.25) is 14.4 Å². The average Bonchev–Trinajstić information content (AvgIpc) is 2.93. The summed E-state index contributed by atoms with van der Waals surface area (Å²) in [5, 5.41) is 2.24. The lowest BCUT2D eigenvalue weighted by molar-refractivity contribution is -0.129. The Morgan fingerprint density at radius 2 is 1.46 bits per heavy atom. The van der Waals surface area contributed by atoms with E-state index in [0.29, 0.717) is 25.1 Å². The van der Waals surface area contributed by atoms with Gasteiger partial charge in [0.15, 0.2) is 0 Å². The molecular formula is C28H41F4N3O4. The van der Waals surface area contributed by atoms with Gasteiger partial charge in [0.05, 0.1) is 0 Å². The first-order chi connectivity index (χ1) is 18.7. The zero-order valence-electron chi connectivity index (χ0n) is 22.8. The molecule has 2 amide bonds. The zero-order valence-corrected chi connectivity index (χ0v) is 22.8. The van der Waals surface area contributed by atoms with Crippen molar-refractivity contribution < 1.29 is 36.7 Å². The summed E-state index contributed by atoms with van der Waals surface area (Å²) in [6.07, 6.45) is 8.39. The third-order valence-corrected chi connectivity index (χ3v) is 5.10. The molecule has 0 radical (unpaired) electrons. The van der Waals surface area contributed by atoms with Crippen molar-refractivity contribution in [3.8, 4) is 0 Å². The summed E-state index contributed by atoms with van der Waals surface area (Å²) in [4.78, 5) is 31.1. The first-order valence-electron chi connectivity index (χ1n) is 12.6. The molecule has 11 heteroatoms. The summed E-state index contributed by atoms with van der Waals surface area (Å²) in [6, 6.07) is 12.7. The average molecular weight is 560 g/mol. The number of benzene rings is 2. The molecule has 1 aliphatic carbocycles. The van der Waals surface area contributed by atoms with Crippen molar-refractivity contribution in [2.45, 2.75) is 77.6 Å². The van der Waals surface area contributed by atoms with Crippen molar-refractivity contribution in [1.29, 1.82) is 0 Å². The van der Waals surface area contributed by atoms with E-state index in [1.165, 1.54) is 75.4 Å². The van der Waals surface area contributed by atoms with E-state index in [-0.39, 0.29) is 0 Å². The Morgan fingerprint density at radius 1 is 0.974 bits per heavy atom. The summed E-state index contributed by atoms with van der Waals surface area (Å²) in [5.74, 6) is -0.360. The van der Waals surface area contributed by atoms with Crippen molar-refractivity contribution in [3.05, 3.63) is 71.0 Å². The van der Waals surface area contributed by atoms with Crippen LogP contribution in [0.5, 0.6) is 0 Å². The lowest BCUT2D eigenvalue weighted by atomic mass is 9.84. The maximum absolute atomic E-state index is 12.5. The van der Waals surface area contributed by atoms with Gasteiger partial charge in [-0.25, -0.2) is 4.39 Å². The molecule has 0 spiro atoms. The van der Waals surface area contributed by atoms with Gasteiger partial charge in [0.1, 0.15) is 18.5 Å². The van der Waals surface area contributed by atoms with Crippen LogP contribution < -0.4 is 16.8 Å². The molecule has 3 rings (SSSR count).